The van der Waals surface area contributed by atoms with Gasteiger partial charge in [-0.2, -0.15) is 0 Å². The Morgan fingerprint density at radius 3 is 2.29 bits per heavy atom. The third-order valence-corrected chi connectivity index (χ3v) is 4.09. The molecule has 1 aliphatic heterocycles. The molecule has 0 saturated carbocycles. The van der Waals surface area contributed by atoms with Crippen LogP contribution in [-0.2, 0) is 0 Å². The predicted molar refractivity (Wildman–Crippen MR) is 86.2 cm³/mol. The Labute approximate surface area is 128 Å². The van der Waals surface area contributed by atoms with Gasteiger partial charge in [-0.1, -0.05) is 44.2 Å². The molecule has 1 aromatic rings. The number of carbonyl (C=O) groups excluding carboxylic acids is 1. The van der Waals surface area contributed by atoms with Crippen LogP contribution in [-0.4, -0.2) is 48.6 Å². The van der Waals surface area contributed by atoms with Gasteiger partial charge in [-0.05, 0) is 18.4 Å². The minimum atomic E-state index is 0.0794. The first-order valence-electron chi connectivity index (χ1n) is 7.89. The van der Waals surface area contributed by atoms with Crippen LogP contribution < -0.4 is 5.32 Å². The number of nitrogens with one attached hydrogen (secondary N) is 1. The van der Waals surface area contributed by atoms with Crippen LogP contribution in [0, 0.1) is 5.92 Å². The first-order valence-corrected chi connectivity index (χ1v) is 7.89. The average molecular weight is 289 g/mol. The van der Waals surface area contributed by atoms with E-state index in [2.05, 4.69) is 55.3 Å². The summed E-state index contributed by atoms with van der Waals surface area (Å²) in [6.07, 6.45) is 0. The van der Waals surface area contributed by atoms with E-state index < -0.39 is 0 Å². The largest absolute Gasteiger partial charge is 0.338 e. The van der Waals surface area contributed by atoms with Crippen molar-refractivity contribution in [2.45, 2.75) is 26.8 Å². The van der Waals surface area contributed by atoms with Crippen molar-refractivity contribution in [3.8, 4) is 0 Å². The van der Waals surface area contributed by atoms with E-state index in [0.29, 0.717) is 12.0 Å². The topological polar surface area (TPSA) is 35.6 Å². The van der Waals surface area contributed by atoms with Crippen molar-refractivity contribution < 1.29 is 4.79 Å². The Hall–Kier alpha value is -1.55. The number of hydrogen-bond donors (Lipinski definition) is 1. The zero-order chi connectivity index (χ0) is 15.2. The lowest BCUT2D eigenvalue weighted by Gasteiger charge is -2.38. The van der Waals surface area contributed by atoms with E-state index in [-0.39, 0.29) is 6.03 Å². The maximum absolute atomic E-state index is 12.0. The Morgan fingerprint density at radius 1 is 1.10 bits per heavy atom. The summed E-state index contributed by atoms with van der Waals surface area (Å²) in [6, 6.07) is 11.1. The molecule has 0 bridgehead atoms. The molecule has 21 heavy (non-hydrogen) atoms. The SMILES string of the molecule is CC(C)CNC(=O)N1CCN(C(C)c2ccccc2)CC1. The van der Waals surface area contributed by atoms with Gasteiger partial charge in [0.25, 0.3) is 0 Å². The highest BCUT2D eigenvalue weighted by molar-refractivity contribution is 5.74. The summed E-state index contributed by atoms with van der Waals surface area (Å²) in [5.41, 5.74) is 1.34. The third kappa shape index (κ3) is 4.46. The van der Waals surface area contributed by atoms with Gasteiger partial charge in [-0.15, -0.1) is 0 Å². The maximum Gasteiger partial charge on any atom is 0.317 e. The standard InChI is InChI=1S/C17H27N3O/c1-14(2)13-18-17(21)20-11-9-19(10-12-20)15(3)16-7-5-4-6-8-16/h4-8,14-15H,9-13H2,1-3H3,(H,18,21). The quantitative estimate of drug-likeness (QED) is 0.925. The Balaban J connectivity index is 1.81. The van der Waals surface area contributed by atoms with Gasteiger partial charge in [0.2, 0.25) is 0 Å². The van der Waals surface area contributed by atoms with Crippen LogP contribution in [0.15, 0.2) is 30.3 Å². The van der Waals surface area contributed by atoms with Gasteiger partial charge in [-0.3, -0.25) is 4.90 Å². The number of urea groups is 1. The highest BCUT2D eigenvalue weighted by Gasteiger charge is 2.24. The summed E-state index contributed by atoms with van der Waals surface area (Å²) >= 11 is 0. The summed E-state index contributed by atoms with van der Waals surface area (Å²) in [6.45, 7) is 10.7. The lowest BCUT2D eigenvalue weighted by molar-refractivity contribution is 0.113. The molecule has 1 aromatic carbocycles. The predicted octanol–water partition coefficient (Wildman–Crippen LogP) is 2.73. The fourth-order valence-corrected chi connectivity index (χ4v) is 2.66. The van der Waals surface area contributed by atoms with E-state index in [1.807, 2.05) is 11.0 Å². The van der Waals surface area contributed by atoms with Crippen LogP contribution >= 0.6 is 0 Å². The van der Waals surface area contributed by atoms with Gasteiger partial charge in [0, 0.05) is 38.8 Å². The zero-order valence-electron chi connectivity index (χ0n) is 13.4. The van der Waals surface area contributed by atoms with Crippen LogP contribution in [0.4, 0.5) is 4.79 Å². The molecule has 1 saturated heterocycles. The molecule has 1 heterocycles. The number of carbonyl (C=O) groups is 1. The molecule has 0 aliphatic carbocycles. The van der Waals surface area contributed by atoms with Gasteiger partial charge in [-0.25, -0.2) is 4.79 Å². The lowest BCUT2D eigenvalue weighted by atomic mass is 10.1. The van der Waals surface area contributed by atoms with E-state index in [1.54, 1.807) is 0 Å². The van der Waals surface area contributed by atoms with Gasteiger partial charge >= 0.3 is 6.03 Å². The monoisotopic (exact) mass is 289 g/mol. The van der Waals surface area contributed by atoms with E-state index in [4.69, 9.17) is 0 Å². The molecule has 2 rings (SSSR count). The molecule has 0 spiro atoms. The van der Waals surface area contributed by atoms with Crippen LogP contribution in [0.1, 0.15) is 32.4 Å². The van der Waals surface area contributed by atoms with Crippen LogP contribution in [0.3, 0.4) is 0 Å². The van der Waals surface area contributed by atoms with E-state index in [1.165, 1.54) is 5.56 Å². The molecule has 1 aliphatic rings. The number of piperazine rings is 1. The fraction of sp³-hybridized carbons (Fsp3) is 0.588. The number of nitrogens with zero attached hydrogens (tertiary/aromatic N) is 2. The van der Waals surface area contributed by atoms with Gasteiger partial charge in [0.15, 0.2) is 0 Å². The van der Waals surface area contributed by atoms with Crippen molar-refractivity contribution in [1.82, 2.24) is 15.1 Å². The highest BCUT2D eigenvalue weighted by Crippen LogP contribution is 2.21. The van der Waals surface area contributed by atoms with Gasteiger partial charge < -0.3 is 10.2 Å². The van der Waals surface area contributed by atoms with E-state index in [9.17, 15) is 4.79 Å². The van der Waals surface area contributed by atoms with E-state index >= 15 is 0 Å². The van der Waals surface area contributed by atoms with Crippen molar-refractivity contribution >= 4 is 6.03 Å². The molecule has 0 radical (unpaired) electrons. The average Bonchev–Trinajstić information content (AvgIpc) is 2.53. The molecule has 4 nitrogen and oxygen atoms in total. The van der Waals surface area contributed by atoms with Crippen molar-refractivity contribution in [2.24, 2.45) is 5.92 Å². The summed E-state index contributed by atoms with van der Waals surface area (Å²) in [7, 11) is 0. The number of benzene rings is 1. The second kappa shape index (κ2) is 7.46. The lowest BCUT2D eigenvalue weighted by Crippen LogP contribution is -2.52. The first-order chi connectivity index (χ1) is 10.1. The second-order valence-corrected chi connectivity index (χ2v) is 6.19. The second-order valence-electron chi connectivity index (χ2n) is 6.19. The van der Waals surface area contributed by atoms with Crippen molar-refractivity contribution in [3.05, 3.63) is 35.9 Å². The zero-order valence-corrected chi connectivity index (χ0v) is 13.4. The highest BCUT2D eigenvalue weighted by atomic mass is 16.2. The third-order valence-electron chi connectivity index (χ3n) is 4.09. The first kappa shape index (κ1) is 15.8. The van der Waals surface area contributed by atoms with Crippen LogP contribution in [0.25, 0.3) is 0 Å². The molecule has 0 aromatic heterocycles. The smallest absolute Gasteiger partial charge is 0.317 e. The normalized spacial score (nSPS) is 17.8. The Bertz CT molecular complexity index is 439. The van der Waals surface area contributed by atoms with E-state index in [0.717, 1.165) is 32.7 Å². The molecule has 1 atom stereocenters. The maximum atomic E-state index is 12.0. The van der Waals surface area contributed by atoms with Crippen molar-refractivity contribution in [3.63, 3.8) is 0 Å². The van der Waals surface area contributed by atoms with Crippen LogP contribution in [0.2, 0.25) is 0 Å². The number of amides is 2. The Kier molecular flexibility index (Phi) is 5.62. The molecular formula is C17H27N3O. The molecular weight excluding hydrogens is 262 g/mol. The molecule has 116 valence electrons. The Morgan fingerprint density at radius 2 is 1.71 bits per heavy atom. The molecule has 4 heteroatoms. The summed E-state index contributed by atoms with van der Waals surface area (Å²) in [5.74, 6) is 0.494. The fourth-order valence-electron chi connectivity index (χ4n) is 2.66. The number of rotatable bonds is 4. The minimum Gasteiger partial charge on any atom is -0.338 e. The summed E-state index contributed by atoms with van der Waals surface area (Å²) in [5, 5.41) is 3.00. The van der Waals surface area contributed by atoms with Gasteiger partial charge in [0.1, 0.15) is 0 Å². The van der Waals surface area contributed by atoms with Crippen LogP contribution in [0.5, 0.6) is 0 Å². The van der Waals surface area contributed by atoms with Crippen molar-refractivity contribution in [2.75, 3.05) is 32.7 Å². The number of hydrogen-bond acceptors (Lipinski definition) is 2. The summed E-state index contributed by atoms with van der Waals surface area (Å²) in [4.78, 5) is 16.4. The van der Waals surface area contributed by atoms with Crippen molar-refractivity contribution in [1.29, 1.82) is 0 Å². The summed E-state index contributed by atoms with van der Waals surface area (Å²) < 4.78 is 0. The minimum absolute atomic E-state index is 0.0794. The molecule has 1 N–H and O–H groups in total. The van der Waals surface area contributed by atoms with Gasteiger partial charge in [0.05, 0.1) is 0 Å². The molecule has 1 unspecified atom stereocenters. The molecule has 1 fully saturated rings. The molecule has 2 amide bonds.